The summed E-state index contributed by atoms with van der Waals surface area (Å²) in [5.41, 5.74) is 0. The first kappa shape index (κ1) is 15.7. The highest BCUT2D eigenvalue weighted by atomic mass is 16.3. The number of aliphatic hydroxyl groups excluding tert-OH is 1. The quantitative estimate of drug-likeness (QED) is 0.681. The molecular formula is C15H29N3O2. The van der Waals surface area contributed by atoms with Gasteiger partial charge in [0.1, 0.15) is 0 Å². The molecular weight excluding hydrogens is 254 g/mol. The van der Waals surface area contributed by atoms with Gasteiger partial charge < -0.3 is 20.6 Å². The number of likely N-dealkylation sites (N-methyl/N-ethyl adjacent to an activating group) is 1. The number of rotatable bonds is 5. The lowest BCUT2D eigenvalue weighted by Crippen LogP contribution is -2.49. The average molecular weight is 283 g/mol. The maximum Gasteiger partial charge on any atom is 0.237 e. The van der Waals surface area contributed by atoms with Crippen LogP contribution >= 0.6 is 0 Å². The summed E-state index contributed by atoms with van der Waals surface area (Å²) in [5.74, 6) is 0.727. The number of hydrogen-bond acceptors (Lipinski definition) is 4. The van der Waals surface area contributed by atoms with Crippen LogP contribution in [0.2, 0.25) is 0 Å². The van der Waals surface area contributed by atoms with Crippen molar-refractivity contribution in [3.05, 3.63) is 0 Å². The second kappa shape index (κ2) is 7.38. The summed E-state index contributed by atoms with van der Waals surface area (Å²) in [6, 6.07) is 0.199. The van der Waals surface area contributed by atoms with Crippen molar-refractivity contribution < 1.29 is 9.90 Å². The number of carbonyl (C=O) groups is 1. The number of nitrogens with one attached hydrogen (secondary N) is 2. The van der Waals surface area contributed by atoms with Crippen molar-refractivity contribution in [2.24, 2.45) is 5.92 Å². The Morgan fingerprint density at radius 1 is 1.35 bits per heavy atom. The van der Waals surface area contributed by atoms with Crippen LogP contribution in [0.5, 0.6) is 0 Å². The Hall–Kier alpha value is -0.650. The van der Waals surface area contributed by atoms with Gasteiger partial charge in [0, 0.05) is 19.1 Å². The highest BCUT2D eigenvalue weighted by molar-refractivity contribution is 5.82. The van der Waals surface area contributed by atoms with E-state index in [-0.39, 0.29) is 18.1 Å². The fraction of sp³-hybridized carbons (Fsp3) is 0.933. The Morgan fingerprint density at radius 3 is 2.60 bits per heavy atom. The second-order valence-corrected chi connectivity index (χ2v) is 6.52. The average Bonchev–Trinajstić information content (AvgIpc) is 2.86. The van der Waals surface area contributed by atoms with Gasteiger partial charge in [0.15, 0.2) is 0 Å². The van der Waals surface area contributed by atoms with Crippen LogP contribution in [-0.2, 0) is 4.79 Å². The molecule has 3 unspecified atom stereocenters. The number of hydrogen-bond donors (Lipinski definition) is 3. The van der Waals surface area contributed by atoms with E-state index in [1.54, 1.807) is 0 Å². The summed E-state index contributed by atoms with van der Waals surface area (Å²) in [7, 11) is 4.20. The number of amides is 1. The molecule has 3 N–H and O–H groups in total. The normalized spacial score (nSPS) is 29.6. The molecule has 1 amide bonds. The summed E-state index contributed by atoms with van der Waals surface area (Å²) >= 11 is 0. The molecule has 1 saturated carbocycles. The second-order valence-electron chi connectivity index (χ2n) is 6.52. The van der Waals surface area contributed by atoms with Crippen molar-refractivity contribution >= 4 is 5.91 Å². The van der Waals surface area contributed by atoms with E-state index in [0.29, 0.717) is 31.5 Å². The fourth-order valence-electron chi connectivity index (χ4n) is 3.53. The van der Waals surface area contributed by atoms with Crippen LogP contribution in [0, 0.1) is 5.92 Å². The predicted molar refractivity (Wildman–Crippen MR) is 79.5 cm³/mol. The van der Waals surface area contributed by atoms with Crippen LogP contribution in [0.15, 0.2) is 0 Å². The van der Waals surface area contributed by atoms with Gasteiger partial charge in [0.05, 0.1) is 12.1 Å². The molecule has 1 aliphatic heterocycles. The molecule has 0 aromatic rings. The molecule has 5 nitrogen and oxygen atoms in total. The highest BCUT2D eigenvalue weighted by Gasteiger charge is 2.30. The van der Waals surface area contributed by atoms with E-state index in [2.05, 4.69) is 29.6 Å². The summed E-state index contributed by atoms with van der Waals surface area (Å²) in [6.07, 6.45) is 6.69. The zero-order chi connectivity index (χ0) is 14.5. The molecule has 116 valence electrons. The van der Waals surface area contributed by atoms with Crippen LogP contribution in [0.3, 0.4) is 0 Å². The van der Waals surface area contributed by atoms with Crippen molar-refractivity contribution in [3.8, 4) is 0 Å². The summed E-state index contributed by atoms with van der Waals surface area (Å²) in [5, 5.41) is 15.6. The molecule has 0 spiro atoms. The van der Waals surface area contributed by atoms with Gasteiger partial charge in [0.2, 0.25) is 5.91 Å². The Morgan fingerprint density at radius 2 is 2.05 bits per heavy atom. The van der Waals surface area contributed by atoms with Crippen LogP contribution in [0.25, 0.3) is 0 Å². The van der Waals surface area contributed by atoms with Crippen molar-refractivity contribution in [3.63, 3.8) is 0 Å². The maximum absolute atomic E-state index is 12.1. The SMILES string of the molecule is CN(C)C(CNC(=O)C1CC(O)CN1)C1CCCCC1. The minimum absolute atomic E-state index is 0.0317. The van der Waals surface area contributed by atoms with Gasteiger partial charge in [-0.25, -0.2) is 0 Å². The monoisotopic (exact) mass is 283 g/mol. The third-order valence-corrected chi connectivity index (χ3v) is 4.77. The van der Waals surface area contributed by atoms with Gasteiger partial charge in [0.25, 0.3) is 0 Å². The Kier molecular flexibility index (Phi) is 5.81. The van der Waals surface area contributed by atoms with Crippen LogP contribution < -0.4 is 10.6 Å². The molecule has 2 fully saturated rings. The molecule has 2 aliphatic rings. The van der Waals surface area contributed by atoms with Crippen molar-refractivity contribution in [1.82, 2.24) is 15.5 Å². The number of nitrogens with zero attached hydrogens (tertiary/aromatic N) is 1. The van der Waals surface area contributed by atoms with Crippen LogP contribution in [0.4, 0.5) is 0 Å². The van der Waals surface area contributed by atoms with E-state index in [0.717, 1.165) is 0 Å². The van der Waals surface area contributed by atoms with Gasteiger partial charge >= 0.3 is 0 Å². The summed E-state index contributed by atoms with van der Waals surface area (Å²) in [4.78, 5) is 14.3. The predicted octanol–water partition coefficient (Wildman–Crippen LogP) is 0.336. The first-order valence-electron chi connectivity index (χ1n) is 7.93. The smallest absolute Gasteiger partial charge is 0.237 e. The minimum Gasteiger partial charge on any atom is -0.392 e. The zero-order valence-corrected chi connectivity index (χ0v) is 12.8. The summed E-state index contributed by atoms with van der Waals surface area (Å²) in [6.45, 7) is 1.24. The van der Waals surface area contributed by atoms with E-state index in [4.69, 9.17) is 0 Å². The lowest BCUT2D eigenvalue weighted by molar-refractivity contribution is -0.123. The zero-order valence-electron chi connectivity index (χ0n) is 12.8. The minimum atomic E-state index is -0.381. The van der Waals surface area contributed by atoms with E-state index < -0.39 is 0 Å². The standard InChI is InChI=1S/C15H29N3O2/c1-18(2)14(11-6-4-3-5-7-11)10-17-15(20)13-8-12(19)9-16-13/h11-14,16,19H,3-10H2,1-2H3,(H,17,20). The molecule has 3 atom stereocenters. The molecule has 0 radical (unpaired) electrons. The largest absolute Gasteiger partial charge is 0.392 e. The lowest BCUT2D eigenvalue weighted by Gasteiger charge is -2.35. The van der Waals surface area contributed by atoms with Gasteiger partial charge in [-0.3, -0.25) is 4.79 Å². The molecule has 2 rings (SSSR count). The van der Waals surface area contributed by atoms with E-state index in [9.17, 15) is 9.90 Å². The molecule has 0 aromatic heterocycles. The number of β-amino-alcohol motifs (C(OH)–C–C–N with tert-alkyl or cyclic N) is 1. The third-order valence-electron chi connectivity index (χ3n) is 4.77. The van der Waals surface area contributed by atoms with Gasteiger partial charge in [-0.2, -0.15) is 0 Å². The van der Waals surface area contributed by atoms with Crippen LogP contribution in [0.1, 0.15) is 38.5 Å². The van der Waals surface area contributed by atoms with Gasteiger partial charge in [-0.15, -0.1) is 0 Å². The van der Waals surface area contributed by atoms with E-state index in [1.807, 2.05) is 0 Å². The molecule has 1 aliphatic carbocycles. The molecule has 1 heterocycles. The first-order chi connectivity index (χ1) is 9.58. The van der Waals surface area contributed by atoms with Crippen LogP contribution in [-0.4, -0.2) is 61.3 Å². The number of aliphatic hydroxyl groups is 1. The molecule has 0 bridgehead atoms. The van der Waals surface area contributed by atoms with E-state index >= 15 is 0 Å². The van der Waals surface area contributed by atoms with Crippen molar-refractivity contribution in [1.29, 1.82) is 0 Å². The first-order valence-corrected chi connectivity index (χ1v) is 7.93. The highest BCUT2D eigenvalue weighted by Crippen LogP contribution is 2.28. The van der Waals surface area contributed by atoms with Crippen molar-refractivity contribution in [2.45, 2.75) is 56.7 Å². The molecule has 0 aromatic carbocycles. The Balaban J connectivity index is 1.80. The number of carbonyl (C=O) groups excluding carboxylic acids is 1. The third kappa shape index (κ3) is 4.17. The van der Waals surface area contributed by atoms with Gasteiger partial charge in [-0.1, -0.05) is 19.3 Å². The van der Waals surface area contributed by atoms with Crippen molar-refractivity contribution in [2.75, 3.05) is 27.2 Å². The lowest BCUT2D eigenvalue weighted by atomic mass is 9.83. The molecule has 5 heteroatoms. The maximum atomic E-state index is 12.1. The Labute approximate surface area is 122 Å². The fourth-order valence-corrected chi connectivity index (χ4v) is 3.53. The molecule has 20 heavy (non-hydrogen) atoms. The molecule has 1 saturated heterocycles. The summed E-state index contributed by atoms with van der Waals surface area (Å²) < 4.78 is 0. The topological polar surface area (TPSA) is 64.6 Å². The van der Waals surface area contributed by atoms with Gasteiger partial charge in [-0.05, 0) is 39.3 Å². The van der Waals surface area contributed by atoms with E-state index in [1.165, 1.54) is 32.1 Å². The Bertz CT molecular complexity index is 316.